The van der Waals surface area contributed by atoms with Crippen molar-refractivity contribution in [1.82, 2.24) is 0 Å². The SMILES string of the molecule is CCC1CSC(Sc2cc3c(cc2N(C(C)C)S(C)(=O)=O)CCC3=O)=N1. The molecule has 0 bridgehead atoms. The number of carbonyl (C=O) groups excluding carboxylic acids is 1. The van der Waals surface area contributed by atoms with E-state index >= 15 is 0 Å². The van der Waals surface area contributed by atoms with Crippen LogP contribution in [0.4, 0.5) is 5.69 Å². The van der Waals surface area contributed by atoms with Crippen LogP contribution in [0.3, 0.4) is 0 Å². The Kier molecular flexibility index (Phi) is 5.75. The molecule has 0 aromatic heterocycles. The fourth-order valence-corrected chi connectivity index (χ4v) is 7.04. The third-order valence-corrected chi connectivity index (χ3v) is 8.19. The van der Waals surface area contributed by atoms with Gasteiger partial charge < -0.3 is 0 Å². The van der Waals surface area contributed by atoms with Crippen molar-refractivity contribution in [2.45, 2.75) is 57.0 Å². The third kappa shape index (κ3) is 3.97. The Labute approximate surface area is 164 Å². The zero-order valence-corrected chi connectivity index (χ0v) is 17.9. The molecule has 26 heavy (non-hydrogen) atoms. The molecule has 1 unspecified atom stereocenters. The van der Waals surface area contributed by atoms with Gasteiger partial charge in [0.25, 0.3) is 0 Å². The molecule has 3 rings (SSSR count). The molecule has 0 N–H and O–H groups in total. The Balaban J connectivity index is 2.09. The van der Waals surface area contributed by atoms with Gasteiger partial charge in [-0.1, -0.05) is 30.4 Å². The van der Waals surface area contributed by atoms with E-state index in [4.69, 9.17) is 4.99 Å². The van der Waals surface area contributed by atoms with Crippen LogP contribution < -0.4 is 4.31 Å². The molecule has 0 fully saturated rings. The summed E-state index contributed by atoms with van der Waals surface area (Å²) in [5.74, 6) is 1.09. The van der Waals surface area contributed by atoms with Crippen LogP contribution in [-0.2, 0) is 16.4 Å². The van der Waals surface area contributed by atoms with Crippen LogP contribution in [0, 0.1) is 0 Å². The lowest BCUT2D eigenvalue weighted by Crippen LogP contribution is -2.36. The number of aliphatic imine (C=N–C) groups is 1. The summed E-state index contributed by atoms with van der Waals surface area (Å²) in [6, 6.07) is 3.87. The molecule has 2 aliphatic rings. The summed E-state index contributed by atoms with van der Waals surface area (Å²) in [6.07, 6.45) is 3.40. The number of benzene rings is 1. The van der Waals surface area contributed by atoms with E-state index in [1.54, 1.807) is 11.8 Å². The first-order valence-corrected chi connectivity index (χ1v) is 12.4. The average Bonchev–Trinajstić information content (AvgIpc) is 3.13. The zero-order chi connectivity index (χ0) is 19.1. The first-order valence-electron chi connectivity index (χ1n) is 8.78. The number of rotatable bonds is 5. The summed E-state index contributed by atoms with van der Waals surface area (Å²) in [5.41, 5.74) is 2.32. The van der Waals surface area contributed by atoms with Crippen LogP contribution in [0.5, 0.6) is 0 Å². The van der Waals surface area contributed by atoms with E-state index < -0.39 is 10.0 Å². The highest BCUT2D eigenvalue weighted by Gasteiger charge is 2.29. The van der Waals surface area contributed by atoms with E-state index in [9.17, 15) is 13.2 Å². The highest BCUT2D eigenvalue weighted by atomic mass is 32.2. The van der Waals surface area contributed by atoms with Gasteiger partial charge in [0.2, 0.25) is 10.0 Å². The molecule has 0 radical (unpaired) electrons. The monoisotopic (exact) mass is 412 g/mol. The lowest BCUT2D eigenvalue weighted by Gasteiger charge is -2.29. The Morgan fingerprint density at radius 2 is 2.08 bits per heavy atom. The minimum absolute atomic E-state index is 0.135. The fourth-order valence-electron chi connectivity index (χ4n) is 3.30. The number of aryl methyl sites for hydroxylation is 1. The third-order valence-electron chi connectivity index (χ3n) is 4.53. The summed E-state index contributed by atoms with van der Waals surface area (Å²) in [4.78, 5) is 17.7. The Morgan fingerprint density at radius 3 is 2.65 bits per heavy atom. The van der Waals surface area contributed by atoms with Gasteiger partial charge in [0.15, 0.2) is 5.78 Å². The van der Waals surface area contributed by atoms with Crippen LogP contribution in [0.2, 0.25) is 0 Å². The Hall–Kier alpha value is -0.990. The molecule has 0 saturated heterocycles. The van der Waals surface area contributed by atoms with Crippen molar-refractivity contribution in [1.29, 1.82) is 0 Å². The van der Waals surface area contributed by atoms with Crippen LogP contribution in [0.15, 0.2) is 22.0 Å². The summed E-state index contributed by atoms with van der Waals surface area (Å²) < 4.78 is 27.3. The highest BCUT2D eigenvalue weighted by molar-refractivity contribution is 8.39. The number of hydrogen-bond acceptors (Lipinski definition) is 6. The van der Waals surface area contributed by atoms with Gasteiger partial charge in [-0.3, -0.25) is 14.1 Å². The van der Waals surface area contributed by atoms with Crippen molar-refractivity contribution in [2.75, 3.05) is 16.3 Å². The molecule has 1 heterocycles. The van der Waals surface area contributed by atoms with Crippen molar-refractivity contribution in [2.24, 2.45) is 4.99 Å². The molecular formula is C18H24N2O3S3. The summed E-state index contributed by atoms with van der Waals surface area (Å²) in [6.45, 7) is 5.84. The molecule has 1 atom stereocenters. The lowest BCUT2D eigenvalue weighted by molar-refractivity contribution is 0.0994. The summed E-state index contributed by atoms with van der Waals surface area (Å²) in [5, 5.41) is 0. The number of carbonyl (C=O) groups is 1. The topological polar surface area (TPSA) is 66.8 Å². The molecule has 1 aliphatic carbocycles. The van der Waals surface area contributed by atoms with Crippen molar-refractivity contribution < 1.29 is 13.2 Å². The number of ketones is 1. The standard InChI is InChI=1S/C18H24N2O3S3/c1-5-13-10-24-18(19-13)25-17-9-14-12(6-7-16(14)21)8-15(17)20(11(2)3)26(4,22)23/h8-9,11,13H,5-7,10H2,1-4H3. The van der Waals surface area contributed by atoms with E-state index in [0.717, 1.165) is 32.6 Å². The number of Topliss-reactive ketones (excluding diaryl/α,β-unsaturated/α-hetero) is 1. The molecular weight excluding hydrogens is 388 g/mol. The number of sulfonamides is 1. The largest absolute Gasteiger partial charge is 0.294 e. The first-order chi connectivity index (χ1) is 12.2. The van der Waals surface area contributed by atoms with E-state index in [1.807, 2.05) is 26.0 Å². The number of anilines is 1. The van der Waals surface area contributed by atoms with Crippen molar-refractivity contribution >= 4 is 49.4 Å². The summed E-state index contributed by atoms with van der Waals surface area (Å²) >= 11 is 3.18. The second-order valence-corrected chi connectivity index (χ2v) is 11.1. The van der Waals surface area contributed by atoms with E-state index in [1.165, 1.54) is 22.3 Å². The van der Waals surface area contributed by atoms with Crippen LogP contribution in [0.1, 0.15) is 49.5 Å². The second kappa shape index (κ2) is 7.56. The van der Waals surface area contributed by atoms with E-state index in [0.29, 0.717) is 24.6 Å². The molecule has 1 aromatic carbocycles. The van der Waals surface area contributed by atoms with E-state index in [2.05, 4.69) is 6.92 Å². The van der Waals surface area contributed by atoms with Gasteiger partial charge in [-0.25, -0.2) is 8.42 Å². The molecule has 1 aliphatic heterocycles. The summed E-state index contributed by atoms with van der Waals surface area (Å²) in [7, 11) is -3.43. The maximum atomic E-state index is 12.4. The quantitative estimate of drug-likeness (QED) is 0.732. The van der Waals surface area contributed by atoms with Crippen molar-refractivity contribution in [3.05, 3.63) is 23.3 Å². The van der Waals surface area contributed by atoms with Crippen LogP contribution in [-0.4, -0.2) is 42.7 Å². The fraction of sp³-hybridized carbons (Fsp3) is 0.556. The minimum Gasteiger partial charge on any atom is -0.294 e. The first kappa shape index (κ1) is 19.8. The molecule has 8 heteroatoms. The van der Waals surface area contributed by atoms with E-state index in [-0.39, 0.29) is 11.8 Å². The van der Waals surface area contributed by atoms with Crippen molar-refractivity contribution in [3.8, 4) is 0 Å². The van der Waals surface area contributed by atoms with Gasteiger partial charge in [0.05, 0.1) is 18.0 Å². The van der Waals surface area contributed by atoms with Gasteiger partial charge >= 0.3 is 0 Å². The van der Waals surface area contributed by atoms with Gasteiger partial charge in [0, 0.05) is 28.7 Å². The number of hydrogen-bond donors (Lipinski definition) is 0. The van der Waals surface area contributed by atoms with Gasteiger partial charge in [0.1, 0.15) is 4.38 Å². The molecule has 0 amide bonds. The molecule has 1 aromatic rings. The maximum Gasteiger partial charge on any atom is 0.232 e. The normalized spacial score (nSPS) is 19.8. The van der Waals surface area contributed by atoms with Crippen LogP contribution in [0.25, 0.3) is 0 Å². The van der Waals surface area contributed by atoms with Gasteiger partial charge in [-0.05, 0) is 44.4 Å². The number of nitrogens with zero attached hydrogens (tertiary/aromatic N) is 2. The maximum absolute atomic E-state index is 12.4. The highest BCUT2D eigenvalue weighted by Crippen LogP contribution is 2.41. The smallest absolute Gasteiger partial charge is 0.232 e. The Morgan fingerprint density at radius 1 is 1.35 bits per heavy atom. The number of thioether (sulfide) groups is 2. The van der Waals surface area contributed by atoms with Gasteiger partial charge in [-0.2, -0.15) is 0 Å². The minimum atomic E-state index is -3.43. The van der Waals surface area contributed by atoms with Crippen LogP contribution >= 0.6 is 23.5 Å². The van der Waals surface area contributed by atoms with Crippen molar-refractivity contribution in [3.63, 3.8) is 0 Å². The lowest BCUT2D eigenvalue weighted by atomic mass is 10.1. The Bertz CT molecular complexity index is 863. The molecule has 5 nitrogen and oxygen atoms in total. The molecule has 0 saturated carbocycles. The molecule has 142 valence electrons. The van der Waals surface area contributed by atoms with Gasteiger partial charge in [-0.15, -0.1) is 0 Å². The number of fused-ring (bicyclic) bond motifs is 1. The predicted octanol–water partition coefficient (Wildman–Crippen LogP) is 3.96. The zero-order valence-electron chi connectivity index (χ0n) is 15.5. The predicted molar refractivity (Wildman–Crippen MR) is 111 cm³/mol. The average molecular weight is 413 g/mol. The second-order valence-electron chi connectivity index (χ2n) is 6.92. The molecule has 0 spiro atoms.